The van der Waals surface area contributed by atoms with Gasteiger partial charge in [-0.2, -0.15) is 0 Å². The molecule has 0 saturated heterocycles. The van der Waals surface area contributed by atoms with E-state index in [0.717, 1.165) is 29.8 Å². The third kappa shape index (κ3) is 3.74. The summed E-state index contributed by atoms with van der Waals surface area (Å²) in [5, 5.41) is 0. The van der Waals surface area contributed by atoms with Crippen molar-refractivity contribution in [3.8, 4) is 5.75 Å². The zero-order valence-corrected chi connectivity index (χ0v) is 13.1. The van der Waals surface area contributed by atoms with Crippen molar-refractivity contribution in [2.24, 2.45) is 11.7 Å². The molecule has 0 aromatic heterocycles. The number of methoxy groups -OCH3 is 1. The smallest absolute Gasteiger partial charge is 0.123 e. The van der Waals surface area contributed by atoms with E-state index in [9.17, 15) is 0 Å². The average Bonchev–Trinajstić information content (AvgIpc) is 2.47. The molecule has 2 N–H and O–H groups in total. The largest absolute Gasteiger partial charge is 0.496 e. The molecule has 0 aliphatic heterocycles. The molecule has 1 aliphatic carbocycles. The molecule has 2 unspecified atom stereocenters. The van der Waals surface area contributed by atoms with Gasteiger partial charge in [-0.15, -0.1) is 0 Å². The predicted octanol–water partition coefficient (Wildman–Crippen LogP) is 3.16. The van der Waals surface area contributed by atoms with Crippen LogP contribution in [0.4, 0.5) is 0 Å². The summed E-state index contributed by atoms with van der Waals surface area (Å²) in [4.78, 5) is 2.49. The monoisotopic (exact) mass is 276 g/mol. The topological polar surface area (TPSA) is 38.5 Å². The third-order valence-electron chi connectivity index (χ3n) is 4.54. The standard InChI is InChI=1S/C17H28N2O/c1-13-5-4-6-16(9-13)19(2)12-14-7-8-15(11-18)17(10-14)20-3/h7-8,10,13,16H,4-6,9,11-12,18H2,1-3H3. The summed E-state index contributed by atoms with van der Waals surface area (Å²) >= 11 is 0. The first-order valence-electron chi connectivity index (χ1n) is 7.70. The fourth-order valence-corrected chi connectivity index (χ4v) is 3.28. The number of nitrogens with zero attached hydrogens (tertiary/aromatic N) is 1. The van der Waals surface area contributed by atoms with E-state index in [4.69, 9.17) is 10.5 Å². The van der Waals surface area contributed by atoms with Gasteiger partial charge in [-0.3, -0.25) is 4.90 Å². The number of benzene rings is 1. The molecule has 2 atom stereocenters. The van der Waals surface area contributed by atoms with E-state index in [0.29, 0.717) is 6.54 Å². The first-order chi connectivity index (χ1) is 9.63. The highest BCUT2D eigenvalue weighted by Crippen LogP contribution is 2.28. The molecule has 1 aromatic rings. The maximum absolute atomic E-state index is 5.72. The number of hydrogen-bond donors (Lipinski definition) is 1. The quantitative estimate of drug-likeness (QED) is 0.897. The Bertz CT molecular complexity index is 433. The van der Waals surface area contributed by atoms with E-state index in [2.05, 4.69) is 37.1 Å². The van der Waals surface area contributed by atoms with Crippen LogP contribution in [-0.4, -0.2) is 25.1 Å². The minimum Gasteiger partial charge on any atom is -0.496 e. The summed E-state index contributed by atoms with van der Waals surface area (Å²) in [6.45, 7) is 3.89. The SMILES string of the molecule is COc1cc(CN(C)C2CCCC(C)C2)ccc1CN. The number of hydrogen-bond acceptors (Lipinski definition) is 3. The van der Waals surface area contributed by atoms with Gasteiger partial charge in [0.1, 0.15) is 5.75 Å². The van der Waals surface area contributed by atoms with E-state index in [-0.39, 0.29) is 0 Å². The van der Waals surface area contributed by atoms with E-state index in [1.165, 1.54) is 31.2 Å². The van der Waals surface area contributed by atoms with Crippen LogP contribution < -0.4 is 10.5 Å². The Morgan fingerprint density at radius 3 is 2.80 bits per heavy atom. The summed E-state index contributed by atoms with van der Waals surface area (Å²) < 4.78 is 5.42. The van der Waals surface area contributed by atoms with Crippen molar-refractivity contribution >= 4 is 0 Å². The van der Waals surface area contributed by atoms with E-state index >= 15 is 0 Å². The number of nitrogens with two attached hydrogens (primary N) is 1. The third-order valence-corrected chi connectivity index (χ3v) is 4.54. The second-order valence-corrected chi connectivity index (χ2v) is 6.19. The summed E-state index contributed by atoms with van der Waals surface area (Å²) in [6, 6.07) is 7.11. The molecule has 0 amide bonds. The van der Waals surface area contributed by atoms with Crippen LogP contribution >= 0.6 is 0 Å². The maximum atomic E-state index is 5.72. The van der Waals surface area contributed by atoms with Gasteiger partial charge in [-0.25, -0.2) is 0 Å². The maximum Gasteiger partial charge on any atom is 0.123 e. The highest BCUT2D eigenvalue weighted by molar-refractivity contribution is 5.37. The summed E-state index contributed by atoms with van der Waals surface area (Å²) in [5.74, 6) is 1.78. The zero-order valence-electron chi connectivity index (χ0n) is 13.1. The van der Waals surface area contributed by atoms with Crippen LogP contribution in [0.25, 0.3) is 0 Å². The summed E-state index contributed by atoms with van der Waals surface area (Å²) in [7, 11) is 3.96. The van der Waals surface area contributed by atoms with Crippen LogP contribution in [0.3, 0.4) is 0 Å². The van der Waals surface area contributed by atoms with Gasteiger partial charge >= 0.3 is 0 Å². The van der Waals surface area contributed by atoms with Gasteiger partial charge in [0.05, 0.1) is 7.11 Å². The second kappa shape index (κ2) is 7.09. The molecular formula is C17H28N2O. The molecule has 2 rings (SSSR count). The number of ether oxygens (including phenoxy) is 1. The van der Waals surface area contributed by atoms with Crippen LogP contribution in [0.1, 0.15) is 43.7 Å². The molecule has 3 heteroatoms. The van der Waals surface area contributed by atoms with Gasteiger partial charge in [0.25, 0.3) is 0 Å². The summed E-state index contributed by atoms with van der Waals surface area (Å²) in [6.07, 6.45) is 5.42. The lowest BCUT2D eigenvalue weighted by Gasteiger charge is -2.34. The van der Waals surface area contributed by atoms with Crippen molar-refractivity contribution in [1.29, 1.82) is 0 Å². The molecular weight excluding hydrogens is 248 g/mol. The van der Waals surface area contributed by atoms with Crippen LogP contribution in [-0.2, 0) is 13.1 Å². The molecule has 0 radical (unpaired) electrons. The molecule has 3 nitrogen and oxygen atoms in total. The molecule has 1 aromatic carbocycles. The lowest BCUT2D eigenvalue weighted by Crippen LogP contribution is -2.35. The fourth-order valence-electron chi connectivity index (χ4n) is 3.28. The lowest BCUT2D eigenvalue weighted by atomic mass is 9.86. The Labute approximate surface area is 123 Å². The molecule has 1 saturated carbocycles. The Kier molecular flexibility index (Phi) is 5.44. The van der Waals surface area contributed by atoms with Crippen LogP contribution in [0, 0.1) is 5.92 Å². The molecule has 112 valence electrons. The number of rotatable bonds is 5. The average molecular weight is 276 g/mol. The molecule has 0 spiro atoms. The summed E-state index contributed by atoms with van der Waals surface area (Å²) in [5.41, 5.74) is 8.10. The zero-order chi connectivity index (χ0) is 14.5. The van der Waals surface area contributed by atoms with Gasteiger partial charge in [-0.05, 0) is 37.4 Å². The Morgan fingerprint density at radius 1 is 1.35 bits per heavy atom. The molecule has 0 heterocycles. The van der Waals surface area contributed by atoms with Crippen LogP contribution in [0.5, 0.6) is 5.75 Å². The highest BCUT2D eigenvalue weighted by atomic mass is 16.5. The Balaban J connectivity index is 2.01. The van der Waals surface area contributed by atoms with Crippen LogP contribution in [0.2, 0.25) is 0 Å². The first kappa shape index (κ1) is 15.3. The van der Waals surface area contributed by atoms with E-state index in [1.807, 2.05) is 0 Å². The first-order valence-corrected chi connectivity index (χ1v) is 7.70. The van der Waals surface area contributed by atoms with Crippen LogP contribution in [0.15, 0.2) is 18.2 Å². The highest BCUT2D eigenvalue weighted by Gasteiger charge is 2.22. The van der Waals surface area contributed by atoms with Crippen molar-refractivity contribution in [2.45, 2.75) is 51.7 Å². The second-order valence-electron chi connectivity index (χ2n) is 6.19. The van der Waals surface area contributed by atoms with E-state index in [1.54, 1.807) is 7.11 Å². The molecule has 0 bridgehead atoms. The van der Waals surface area contributed by atoms with Crippen molar-refractivity contribution < 1.29 is 4.74 Å². The Morgan fingerprint density at radius 2 is 2.15 bits per heavy atom. The van der Waals surface area contributed by atoms with Gasteiger partial charge in [0.2, 0.25) is 0 Å². The molecule has 1 fully saturated rings. The van der Waals surface area contributed by atoms with Crippen molar-refractivity contribution in [3.05, 3.63) is 29.3 Å². The van der Waals surface area contributed by atoms with Crippen molar-refractivity contribution in [1.82, 2.24) is 4.90 Å². The van der Waals surface area contributed by atoms with Gasteiger partial charge in [0.15, 0.2) is 0 Å². The van der Waals surface area contributed by atoms with Crippen molar-refractivity contribution in [3.63, 3.8) is 0 Å². The van der Waals surface area contributed by atoms with Crippen molar-refractivity contribution in [2.75, 3.05) is 14.2 Å². The minimum absolute atomic E-state index is 0.527. The Hall–Kier alpha value is -1.06. The fraction of sp³-hybridized carbons (Fsp3) is 0.647. The normalized spacial score (nSPS) is 23.1. The predicted molar refractivity (Wildman–Crippen MR) is 83.8 cm³/mol. The lowest BCUT2D eigenvalue weighted by molar-refractivity contribution is 0.157. The van der Waals surface area contributed by atoms with Gasteiger partial charge < -0.3 is 10.5 Å². The van der Waals surface area contributed by atoms with Gasteiger partial charge in [-0.1, -0.05) is 31.9 Å². The van der Waals surface area contributed by atoms with E-state index < -0.39 is 0 Å². The van der Waals surface area contributed by atoms with Gasteiger partial charge in [0, 0.05) is 24.7 Å². The molecule has 1 aliphatic rings. The minimum atomic E-state index is 0.527. The molecule has 20 heavy (non-hydrogen) atoms.